The van der Waals surface area contributed by atoms with Gasteiger partial charge < -0.3 is 5.32 Å². The molecule has 1 unspecified atom stereocenters. The van der Waals surface area contributed by atoms with Gasteiger partial charge in [-0.3, -0.25) is 19.5 Å². The third-order valence-corrected chi connectivity index (χ3v) is 4.54. The Morgan fingerprint density at radius 2 is 1.73 bits per heavy atom. The number of carbonyl (C=O) groups is 2. The van der Waals surface area contributed by atoms with E-state index in [9.17, 15) is 9.59 Å². The molecule has 0 bridgehead atoms. The number of benzene rings is 2. The van der Waals surface area contributed by atoms with Crippen LogP contribution in [0.25, 0.3) is 0 Å². The Kier molecular flexibility index (Phi) is 5.53. The highest BCUT2D eigenvalue weighted by Gasteiger charge is 2.37. The molecule has 2 aromatic carbocycles. The van der Waals surface area contributed by atoms with Crippen LogP contribution in [0.5, 0.6) is 0 Å². The van der Waals surface area contributed by atoms with Gasteiger partial charge >= 0.3 is 0 Å². The number of nitrogens with zero attached hydrogens (tertiary/aromatic N) is 2. The number of carbonyl (C=O) groups excluding carboxylic acids is 2. The third kappa shape index (κ3) is 4.03. The smallest absolute Gasteiger partial charge is 0.247 e. The van der Waals surface area contributed by atoms with E-state index in [1.165, 1.54) is 11.1 Å². The molecule has 2 atom stereocenters. The third-order valence-electron chi connectivity index (χ3n) is 4.21. The summed E-state index contributed by atoms with van der Waals surface area (Å²) in [6, 6.07) is 19.1. The molecule has 1 fully saturated rings. The normalized spacial score (nSPS) is 18.9. The summed E-state index contributed by atoms with van der Waals surface area (Å²) in [5, 5.41) is 2.73. The van der Waals surface area contributed by atoms with Crippen molar-refractivity contribution in [1.82, 2.24) is 10.2 Å². The van der Waals surface area contributed by atoms with Gasteiger partial charge in [-0.1, -0.05) is 60.7 Å². The SMILES string of the molecule is C[C@@H](N=CC1C(=O)NC(=S)N(Cc2ccccc2)C1=O)c1ccccc1. The molecule has 1 heterocycles. The lowest BCUT2D eigenvalue weighted by atomic mass is 10.0. The lowest BCUT2D eigenvalue weighted by molar-refractivity contribution is -0.138. The fraction of sp³-hybridized carbons (Fsp3) is 0.200. The average molecular weight is 365 g/mol. The molecule has 0 aliphatic carbocycles. The van der Waals surface area contributed by atoms with E-state index in [-0.39, 0.29) is 17.1 Å². The van der Waals surface area contributed by atoms with Crippen molar-refractivity contribution in [1.29, 1.82) is 0 Å². The van der Waals surface area contributed by atoms with Crippen molar-refractivity contribution in [2.24, 2.45) is 10.9 Å². The molecular formula is C20H19N3O2S. The second kappa shape index (κ2) is 8.01. The van der Waals surface area contributed by atoms with Crippen molar-refractivity contribution in [3.63, 3.8) is 0 Å². The number of amides is 2. The number of nitrogens with one attached hydrogen (secondary N) is 1. The number of thiocarbonyl (C=S) groups is 1. The Hall–Kier alpha value is -2.86. The summed E-state index contributed by atoms with van der Waals surface area (Å²) in [6.07, 6.45) is 1.43. The molecule has 2 amide bonds. The van der Waals surface area contributed by atoms with Crippen LogP contribution >= 0.6 is 12.2 Å². The molecule has 2 aromatic rings. The lowest BCUT2D eigenvalue weighted by Crippen LogP contribution is -2.57. The van der Waals surface area contributed by atoms with Crippen LogP contribution in [0, 0.1) is 5.92 Å². The fourth-order valence-corrected chi connectivity index (χ4v) is 2.97. The summed E-state index contributed by atoms with van der Waals surface area (Å²) in [5.74, 6) is -1.77. The molecule has 1 N–H and O–H groups in total. The molecule has 1 saturated heterocycles. The van der Waals surface area contributed by atoms with Gasteiger partial charge in [-0.05, 0) is 30.3 Å². The average Bonchev–Trinajstić information content (AvgIpc) is 2.66. The predicted molar refractivity (Wildman–Crippen MR) is 105 cm³/mol. The Labute approximate surface area is 157 Å². The van der Waals surface area contributed by atoms with Crippen LogP contribution in [-0.2, 0) is 16.1 Å². The molecule has 3 rings (SSSR count). The van der Waals surface area contributed by atoms with Gasteiger partial charge in [-0.15, -0.1) is 0 Å². The molecule has 6 heteroatoms. The van der Waals surface area contributed by atoms with E-state index in [4.69, 9.17) is 12.2 Å². The van der Waals surface area contributed by atoms with E-state index in [1.807, 2.05) is 67.6 Å². The molecule has 1 aliphatic heterocycles. The van der Waals surface area contributed by atoms with E-state index >= 15 is 0 Å². The Morgan fingerprint density at radius 3 is 2.38 bits per heavy atom. The van der Waals surface area contributed by atoms with Gasteiger partial charge in [-0.2, -0.15) is 0 Å². The first-order valence-electron chi connectivity index (χ1n) is 8.34. The van der Waals surface area contributed by atoms with Crippen molar-refractivity contribution in [2.45, 2.75) is 19.5 Å². The maximum atomic E-state index is 12.8. The predicted octanol–water partition coefficient (Wildman–Crippen LogP) is 2.88. The molecule has 26 heavy (non-hydrogen) atoms. The van der Waals surface area contributed by atoms with Gasteiger partial charge in [0.25, 0.3) is 0 Å². The van der Waals surface area contributed by atoms with Gasteiger partial charge in [0.2, 0.25) is 11.8 Å². The molecule has 0 spiro atoms. The first-order valence-corrected chi connectivity index (χ1v) is 8.75. The molecule has 132 valence electrons. The topological polar surface area (TPSA) is 61.8 Å². The summed E-state index contributed by atoms with van der Waals surface area (Å²) in [4.78, 5) is 30.8. The largest absolute Gasteiger partial charge is 0.302 e. The van der Waals surface area contributed by atoms with Crippen molar-refractivity contribution in [3.8, 4) is 0 Å². The maximum Gasteiger partial charge on any atom is 0.247 e. The van der Waals surface area contributed by atoms with Crippen molar-refractivity contribution in [3.05, 3.63) is 71.8 Å². The molecule has 0 aromatic heterocycles. The van der Waals surface area contributed by atoms with Crippen molar-refractivity contribution >= 4 is 35.4 Å². The van der Waals surface area contributed by atoms with E-state index < -0.39 is 11.8 Å². The highest BCUT2D eigenvalue weighted by molar-refractivity contribution is 7.80. The Balaban J connectivity index is 1.76. The zero-order chi connectivity index (χ0) is 18.5. The van der Waals surface area contributed by atoms with Gasteiger partial charge in [0.05, 0.1) is 12.6 Å². The highest BCUT2D eigenvalue weighted by Crippen LogP contribution is 2.18. The van der Waals surface area contributed by atoms with E-state index in [0.717, 1.165) is 11.1 Å². The molecule has 0 saturated carbocycles. The molecule has 1 aliphatic rings. The molecule has 5 nitrogen and oxygen atoms in total. The first kappa shape index (κ1) is 17.9. The summed E-state index contributed by atoms with van der Waals surface area (Å²) < 4.78 is 0. The number of rotatable bonds is 5. The van der Waals surface area contributed by atoms with Crippen molar-refractivity contribution in [2.75, 3.05) is 0 Å². The van der Waals surface area contributed by atoms with Gasteiger partial charge in [0.1, 0.15) is 0 Å². The summed E-state index contributed by atoms with van der Waals surface area (Å²) in [6.45, 7) is 2.24. The minimum Gasteiger partial charge on any atom is -0.302 e. The van der Waals surface area contributed by atoms with Crippen molar-refractivity contribution < 1.29 is 9.59 Å². The Morgan fingerprint density at radius 1 is 1.12 bits per heavy atom. The van der Waals surface area contributed by atoms with Crippen LogP contribution in [0.15, 0.2) is 65.7 Å². The summed E-state index contributed by atoms with van der Waals surface area (Å²) >= 11 is 5.17. The summed E-state index contributed by atoms with van der Waals surface area (Å²) in [5.41, 5.74) is 1.96. The van der Waals surface area contributed by atoms with Gasteiger partial charge in [0.15, 0.2) is 11.0 Å². The standard InChI is InChI=1S/C20H19N3O2S/c1-14(16-10-6-3-7-11-16)21-12-17-18(24)22-20(26)23(19(17)25)13-15-8-4-2-5-9-15/h2-12,14,17H,13H2,1H3,(H,22,24,26)/t14-,17?/m1/s1. The van der Waals surface area contributed by atoms with E-state index in [2.05, 4.69) is 10.3 Å². The van der Waals surface area contributed by atoms with Crippen LogP contribution in [-0.4, -0.2) is 28.0 Å². The van der Waals surface area contributed by atoms with Crippen LogP contribution in [0.4, 0.5) is 0 Å². The minimum absolute atomic E-state index is 0.129. The van der Waals surface area contributed by atoms with E-state index in [1.54, 1.807) is 0 Å². The minimum atomic E-state index is -0.975. The van der Waals surface area contributed by atoms with E-state index in [0.29, 0.717) is 6.54 Å². The fourth-order valence-electron chi connectivity index (χ4n) is 2.71. The van der Waals surface area contributed by atoms with Gasteiger partial charge in [-0.25, -0.2) is 0 Å². The zero-order valence-corrected chi connectivity index (χ0v) is 15.1. The van der Waals surface area contributed by atoms with Crippen LogP contribution in [0.1, 0.15) is 24.1 Å². The number of hydrogen-bond acceptors (Lipinski definition) is 4. The van der Waals surface area contributed by atoms with Crippen LogP contribution in [0.3, 0.4) is 0 Å². The maximum absolute atomic E-state index is 12.8. The number of aliphatic imine (C=N–C) groups is 1. The van der Waals surface area contributed by atoms with Gasteiger partial charge in [0, 0.05) is 6.21 Å². The lowest BCUT2D eigenvalue weighted by Gasteiger charge is -2.31. The molecule has 0 radical (unpaired) electrons. The van der Waals surface area contributed by atoms with Crippen LogP contribution in [0.2, 0.25) is 0 Å². The van der Waals surface area contributed by atoms with Crippen LogP contribution < -0.4 is 5.32 Å². The number of hydrogen-bond donors (Lipinski definition) is 1. The monoisotopic (exact) mass is 365 g/mol. The Bertz CT molecular complexity index is 837. The molecular weight excluding hydrogens is 346 g/mol. The zero-order valence-electron chi connectivity index (χ0n) is 14.3. The highest BCUT2D eigenvalue weighted by atomic mass is 32.1. The quantitative estimate of drug-likeness (QED) is 0.503. The second-order valence-corrected chi connectivity index (χ2v) is 6.45. The first-order chi connectivity index (χ1) is 12.6. The summed E-state index contributed by atoms with van der Waals surface area (Å²) in [7, 11) is 0. The second-order valence-electron chi connectivity index (χ2n) is 6.07.